The van der Waals surface area contributed by atoms with Crippen LogP contribution >= 0.6 is 0 Å². The molecule has 4 heteroatoms. The first-order valence-corrected chi connectivity index (χ1v) is 6.54. The highest BCUT2D eigenvalue weighted by molar-refractivity contribution is 5.89. The Labute approximate surface area is 112 Å². The number of hydrogen-bond donors (Lipinski definition) is 1. The van der Waals surface area contributed by atoms with Crippen molar-refractivity contribution >= 4 is 5.97 Å². The van der Waals surface area contributed by atoms with Crippen LogP contribution in [0.2, 0.25) is 0 Å². The van der Waals surface area contributed by atoms with E-state index in [-0.39, 0.29) is 17.8 Å². The first kappa shape index (κ1) is 12.2. The number of esters is 1. The zero-order chi connectivity index (χ0) is 13.4. The molecule has 2 bridgehead atoms. The number of rotatable bonds is 2. The monoisotopic (exact) mass is 259 g/mol. The molecular weight excluding hydrogens is 242 g/mol. The van der Waals surface area contributed by atoms with Crippen molar-refractivity contribution in [3.05, 3.63) is 42.0 Å². The van der Waals surface area contributed by atoms with Crippen LogP contribution < -0.4 is 0 Å². The second kappa shape index (κ2) is 4.70. The molecule has 0 amide bonds. The molecule has 2 aliphatic rings. The first-order chi connectivity index (χ1) is 9.13. The highest BCUT2D eigenvalue weighted by Crippen LogP contribution is 2.30. The predicted molar refractivity (Wildman–Crippen MR) is 71.0 cm³/mol. The summed E-state index contributed by atoms with van der Waals surface area (Å²) in [6, 6.07) is 6.93. The lowest BCUT2D eigenvalue weighted by molar-refractivity contribution is 0.00268. The maximum atomic E-state index is 12.0. The van der Waals surface area contributed by atoms with Crippen molar-refractivity contribution in [2.24, 2.45) is 0 Å². The summed E-state index contributed by atoms with van der Waals surface area (Å²) in [4.78, 5) is 14.3. The number of ether oxygens (including phenoxy) is 1. The summed E-state index contributed by atoms with van der Waals surface area (Å²) < 4.78 is 5.56. The quantitative estimate of drug-likeness (QED) is 0.651. The molecule has 3 rings (SSSR count). The fraction of sp³-hybridized carbons (Fsp3) is 0.400. The summed E-state index contributed by atoms with van der Waals surface area (Å²) in [7, 11) is 2.10. The van der Waals surface area contributed by atoms with Gasteiger partial charge < -0.3 is 9.84 Å². The van der Waals surface area contributed by atoms with Crippen molar-refractivity contribution in [2.45, 2.75) is 31.0 Å². The molecule has 1 N–H and O–H groups in total. The fourth-order valence-corrected chi connectivity index (χ4v) is 2.81. The van der Waals surface area contributed by atoms with Crippen LogP contribution in [0.1, 0.15) is 23.2 Å². The van der Waals surface area contributed by atoms with E-state index in [4.69, 9.17) is 4.74 Å². The van der Waals surface area contributed by atoms with Gasteiger partial charge in [0.1, 0.15) is 11.9 Å². The maximum Gasteiger partial charge on any atom is 0.338 e. The summed E-state index contributed by atoms with van der Waals surface area (Å²) in [6.45, 7) is 0. The van der Waals surface area contributed by atoms with Gasteiger partial charge in [-0.15, -0.1) is 0 Å². The van der Waals surface area contributed by atoms with E-state index in [2.05, 4.69) is 24.1 Å². The smallest absolute Gasteiger partial charge is 0.338 e. The van der Waals surface area contributed by atoms with Gasteiger partial charge in [0.15, 0.2) is 0 Å². The number of phenolic OH excluding ortho intramolecular Hbond substituents is 1. The molecule has 0 spiro atoms. The van der Waals surface area contributed by atoms with Crippen molar-refractivity contribution < 1.29 is 14.6 Å². The van der Waals surface area contributed by atoms with E-state index in [1.165, 1.54) is 12.1 Å². The zero-order valence-corrected chi connectivity index (χ0v) is 10.8. The molecule has 100 valence electrons. The summed E-state index contributed by atoms with van der Waals surface area (Å²) in [5.74, 6) is -0.160. The number of carbonyl (C=O) groups excluding carboxylic acids is 1. The second-order valence-electron chi connectivity index (χ2n) is 5.23. The molecule has 2 unspecified atom stereocenters. The molecule has 1 saturated heterocycles. The van der Waals surface area contributed by atoms with E-state index in [1.807, 2.05) is 0 Å². The number of carbonyl (C=O) groups is 1. The highest BCUT2D eigenvalue weighted by atomic mass is 16.5. The Morgan fingerprint density at radius 2 is 1.79 bits per heavy atom. The van der Waals surface area contributed by atoms with Crippen LogP contribution in [0.3, 0.4) is 0 Å². The number of nitrogens with zero attached hydrogens (tertiary/aromatic N) is 1. The van der Waals surface area contributed by atoms with Crippen molar-refractivity contribution in [2.75, 3.05) is 7.05 Å². The lowest BCUT2D eigenvalue weighted by Gasteiger charge is -2.35. The van der Waals surface area contributed by atoms with Gasteiger partial charge in [0, 0.05) is 24.9 Å². The molecule has 2 aliphatic heterocycles. The maximum absolute atomic E-state index is 12.0. The molecule has 0 aromatic heterocycles. The molecule has 0 radical (unpaired) electrons. The SMILES string of the molecule is CN1C2C=CC1CC(OC(=O)c1ccc(O)cc1)C2. The Kier molecular flexibility index (Phi) is 3.03. The van der Waals surface area contributed by atoms with Crippen molar-refractivity contribution in [3.8, 4) is 5.75 Å². The molecule has 2 atom stereocenters. The van der Waals surface area contributed by atoms with Gasteiger partial charge in [0.05, 0.1) is 5.56 Å². The Morgan fingerprint density at radius 3 is 2.37 bits per heavy atom. The summed E-state index contributed by atoms with van der Waals surface area (Å²) >= 11 is 0. The minimum Gasteiger partial charge on any atom is -0.508 e. The third kappa shape index (κ3) is 2.36. The van der Waals surface area contributed by atoms with E-state index in [0.29, 0.717) is 17.6 Å². The zero-order valence-electron chi connectivity index (χ0n) is 10.8. The van der Waals surface area contributed by atoms with Crippen LogP contribution in [0.15, 0.2) is 36.4 Å². The van der Waals surface area contributed by atoms with Gasteiger partial charge in [0.25, 0.3) is 0 Å². The lowest BCUT2D eigenvalue weighted by atomic mass is 9.99. The van der Waals surface area contributed by atoms with Gasteiger partial charge in [-0.25, -0.2) is 4.79 Å². The average molecular weight is 259 g/mol. The second-order valence-corrected chi connectivity index (χ2v) is 5.23. The average Bonchev–Trinajstić information content (AvgIpc) is 2.63. The van der Waals surface area contributed by atoms with Crippen LogP contribution in [-0.4, -0.2) is 41.2 Å². The third-order valence-electron chi connectivity index (χ3n) is 3.99. The summed E-state index contributed by atoms with van der Waals surface area (Å²) in [5.41, 5.74) is 0.483. The minimum atomic E-state index is -0.311. The summed E-state index contributed by atoms with van der Waals surface area (Å²) in [5, 5.41) is 9.20. The van der Waals surface area contributed by atoms with E-state index < -0.39 is 0 Å². The van der Waals surface area contributed by atoms with Crippen molar-refractivity contribution in [1.29, 1.82) is 0 Å². The molecule has 0 saturated carbocycles. The van der Waals surface area contributed by atoms with Crippen molar-refractivity contribution in [1.82, 2.24) is 4.90 Å². The Balaban J connectivity index is 1.63. The number of aromatic hydroxyl groups is 1. The van der Waals surface area contributed by atoms with Crippen LogP contribution in [0.25, 0.3) is 0 Å². The predicted octanol–water partition coefficient (Wildman–Crippen LogP) is 1.95. The minimum absolute atomic E-state index is 0.0255. The normalized spacial score (nSPS) is 29.4. The Bertz CT molecular complexity index is 493. The van der Waals surface area contributed by atoms with Crippen LogP contribution in [0.4, 0.5) is 0 Å². The standard InChI is InChI=1S/C15H17NO3/c1-16-11-4-5-12(16)9-14(8-11)19-15(18)10-2-6-13(17)7-3-10/h2-7,11-12,14,17H,8-9H2,1H3. The Hall–Kier alpha value is -1.81. The van der Waals surface area contributed by atoms with Gasteiger partial charge in [-0.05, 0) is 31.3 Å². The molecule has 1 aromatic carbocycles. The Morgan fingerprint density at radius 1 is 1.21 bits per heavy atom. The van der Waals surface area contributed by atoms with Gasteiger partial charge in [0.2, 0.25) is 0 Å². The van der Waals surface area contributed by atoms with E-state index in [1.54, 1.807) is 12.1 Å². The van der Waals surface area contributed by atoms with Crippen LogP contribution in [0, 0.1) is 0 Å². The molecule has 19 heavy (non-hydrogen) atoms. The molecule has 4 nitrogen and oxygen atoms in total. The highest BCUT2D eigenvalue weighted by Gasteiger charge is 2.36. The van der Waals surface area contributed by atoms with Gasteiger partial charge in [-0.3, -0.25) is 4.90 Å². The number of fused-ring (bicyclic) bond motifs is 2. The van der Waals surface area contributed by atoms with Crippen LogP contribution in [-0.2, 0) is 4.74 Å². The lowest BCUT2D eigenvalue weighted by Crippen LogP contribution is -2.44. The fourth-order valence-electron chi connectivity index (χ4n) is 2.81. The first-order valence-electron chi connectivity index (χ1n) is 6.54. The molecule has 1 aromatic rings. The number of piperidine rings is 1. The third-order valence-corrected chi connectivity index (χ3v) is 3.99. The van der Waals surface area contributed by atoms with Crippen molar-refractivity contribution in [3.63, 3.8) is 0 Å². The van der Waals surface area contributed by atoms with Crippen LogP contribution in [0.5, 0.6) is 5.75 Å². The van der Waals surface area contributed by atoms with Gasteiger partial charge in [-0.2, -0.15) is 0 Å². The van der Waals surface area contributed by atoms with Gasteiger partial charge >= 0.3 is 5.97 Å². The van der Waals surface area contributed by atoms with Gasteiger partial charge in [-0.1, -0.05) is 12.2 Å². The number of benzene rings is 1. The largest absolute Gasteiger partial charge is 0.508 e. The van der Waals surface area contributed by atoms with E-state index >= 15 is 0 Å². The number of likely N-dealkylation sites (N-methyl/N-ethyl adjacent to an activating group) is 1. The topological polar surface area (TPSA) is 49.8 Å². The molecule has 1 fully saturated rings. The summed E-state index contributed by atoms with van der Waals surface area (Å²) in [6.07, 6.45) is 6.07. The molecular formula is C15H17NO3. The molecule has 0 aliphatic carbocycles. The van der Waals surface area contributed by atoms with E-state index in [9.17, 15) is 9.90 Å². The molecule has 2 heterocycles. The van der Waals surface area contributed by atoms with E-state index in [0.717, 1.165) is 12.8 Å². The number of phenols is 1. The number of hydrogen-bond acceptors (Lipinski definition) is 4.